The molecule has 4 aromatic rings. The molecule has 1 N–H and O–H groups in total. The maximum absolute atomic E-state index is 10.5. The average Bonchev–Trinajstić information content (AvgIpc) is 3.36. The van der Waals surface area contributed by atoms with Gasteiger partial charge < -0.3 is 5.32 Å². The Balaban J connectivity index is 1.57. The van der Waals surface area contributed by atoms with Gasteiger partial charge in [0.05, 0.1) is 17.2 Å². The van der Waals surface area contributed by atoms with Crippen LogP contribution in [-0.2, 0) is 6.42 Å². The predicted octanol–water partition coefficient (Wildman–Crippen LogP) is 5.28. The molecule has 0 atom stereocenters. The Kier molecular flexibility index (Phi) is 4.76. The molecule has 0 spiro atoms. The van der Waals surface area contributed by atoms with Gasteiger partial charge in [-0.15, -0.1) is 21.8 Å². The number of nitroso groups, excluding NO2 is 1. The van der Waals surface area contributed by atoms with Gasteiger partial charge >= 0.3 is 0 Å². The summed E-state index contributed by atoms with van der Waals surface area (Å²) >= 11 is 1.71. The summed E-state index contributed by atoms with van der Waals surface area (Å²) in [6.45, 7) is 0. The highest BCUT2D eigenvalue weighted by Crippen LogP contribution is 2.33. The van der Waals surface area contributed by atoms with E-state index in [4.69, 9.17) is 4.98 Å². The molecule has 0 aliphatic heterocycles. The van der Waals surface area contributed by atoms with E-state index in [2.05, 4.69) is 57.3 Å². The van der Waals surface area contributed by atoms with Crippen molar-refractivity contribution in [1.29, 1.82) is 0 Å². The third kappa shape index (κ3) is 3.25. The number of fused-ring (bicyclic) bond motifs is 2. The Labute approximate surface area is 177 Å². The highest BCUT2D eigenvalue weighted by Gasteiger charge is 2.20. The lowest BCUT2D eigenvalue weighted by atomic mass is 10.1. The van der Waals surface area contributed by atoms with Crippen LogP contribution in [0, 0.1) is 4.91 Å². The number of hydrogen-bond acceptors (Lipinski definition) is 6. The van der Waals surface area contributed by atoms with E-state index in [1.807, 2.05) is 22.7 Å². The predicted molar refractivity (Wildman–Crippen MR) is 121 cm³/mol. The molecule has 148 valence electrons. The normalized spacial score (nSPS) is 14.2. The minimum absolute atomic E-state index is 0.735. The Morgan fingerprint density at radius 3 is 2.80 bits per heavy atom. The van der Waals surface area contributed by atoms with Crippen molar-refractivity contribution < 1.29 is 0 Å². The summed E-state index contributed by atoms with van der Waals surface area (Å²) in [6.07, 6.45) is 9.05. The second-order valence-electron chi connectivity index (χ2n) is 6.97. The van der Waals surface area contributed by atoms with Crippen LogP contribution in [0.15, 0.2) is 76.3 Å². The fourth-order valence-electron chi connectivity index (χ4n) is 3.81. The summed E-state index contributed by atoms with van der Waals surface area (Å²) in [7, 11) is 0. The highest BCUT2D eigenvalue weighted by atomic mass is 32.2. The minimum atomic E-state index is 0.735. The van der Waals surface area contributed by atoms with E-state index in [1.165, 1.54) is 4.90 Å². The van der Waals surface area contributed by atoms with Crippen LogP contribution in [0.5, 0.6) is 0 Å². The molecule has 1 aliphatic carbocycles. The molecule has 5 rings (SSSR count). The molecule has 7 nitrogen and oxygen atoms in total. The molecular weight excluding hydrogens is 396 g/mol. The Hall–Kier alpha value is -3.52. The van der Waals surface area contributed by atoms with Gasteiger partial charge in [-0.1, -0.05) is 18.2 Å². The van der Waals surface area contributed by atoms with Crippen LogP contribution in [0.4, 0.5) is 11.5 Å². The number of imidazole rings is 1. The molecule has 2 aromatic heterocycles. The van der Waals surface area contributed by atoms with Gasteiger partial charge in [-0.25, -0.2) is 4.98 Å². The lowest BCUT2D eigenvalue weighted by Gasteiger charge is -2.11. The summed E-state index contributed by atoms with van der Waals surface area (Å²) in [5.74, 6) is 0.880. The molecule has 8 heteroatoms. The van der Waals surface area contributed by atoms with Gasteiger partial charge in [0.15, 0.2) is 5.65 Å². The number of benzene rings is 2. The van der Waals surface area contributed by atoms with Crippen LogP contribution in [0.2, 0.25) is 0 Å². The van der Waals surface area contributed by atoms with Gasteiger partial charge in [-0.3, -0.25) is 9.38 Å². The molecule has 0 amide bonds. The summed E-state index contributed by atoms with van der Waals surface area (Å²) in [4.78, 5) is 20.7. The van der Waals surface area contributed by atoms with Gasteiger partial charge in [0.1, 0.15) is 11.5 Å². The van der Waals surface area contributed by atoms with Gasteiger partial charge in [-0.2, -0.15) is 0 Å². The standard InChI is InChI=1S/C22H18N6OS/c1-30-17-6-2-14(3-7-17)21-22(28-11-10-23-13-20(28)25-21)24-16-5-8-18-15(12-16)4-9-19(18)26-27-29/h2-3,5-8,10-13,24H,4,9H2,1H3/b26-19+. The van der Waals surface area contributed by atoms with Crippen molar-refractivity contribution in [3.05, 3.63) is 77.1 Å². The van der Waals surface area contributed by atoms with Crippen molar-refractivity contribution in [2.45, 2.75) is 17.7 Å². The third-order valence-corrected chi connectivity index (χ3v) is 6.01. The Morgan fingerprint density at radius 1 is 1.13 bits per heavy atom. The number of aromatic nitrogens is 3. The maximum Gasteiger partial charge on any atom is 0.157 e. The van der Waals surface area contributed by atoms with E-state index in [1.54, 1.807) is 24.2 Å². The fourth-order valence-corrected chi connectivity index (χ4v) is 4.22. The average molecular weight is 414 g/mol. The van der Waals surface area contributed by atoms with Crippen LogP contribution in [-0.4, -0.2) is 26.3 Å². The number of aryl methyl sites for hydroxylation is 1. The topological polar surface area (TPSA) is 84.0 Å². The number of nitrogens with zero attached hydrogens (tertiary/aromatic N) is 5. The van der Waals surface area contributed by atoms with Crippen molar-refractivity contribution in [3.63, 3.8) is 0 Å². The summed E-state index contributed by atoms with van der Waals surface area (Å²) in [5, 5.41) is 9.96. The zero-order valence-electron chi connectivity index (χ0n) is 16.2. The lowest BCUT2D eigenvalue weighted by Crippen LogP contribution is -1.99. The molecule has 1 aliphatic rings. The zero-order valence-corrected chi connectivity index (χ0v) is 17.1. The fraction of sp³-hybridized carbons (Fsp3) is 0.136. The summed E-state index contributed by atoms with van der Waals surface area (Å²) in [6, 6.07) is 14.5. The highest BCUT2D eigenvalue weighted by molar-refractivity contribution is 7.98. The first-order valence-corrected chi connectivity index (χ1v) is 10.8. The van der Waals surface area contributed by atoms with E-state index in [9.17, 15) is 4.91 Å². The molecule has 30 heavy (non-hydrogen) atoms. The quantitative estimate of drug-likeness (QED) is 0.273. The largest absolute Gasteiger partial charge is 0.339 e. The van der Waals surface area contributed by atoms with Gasteiger partial charge in [0.2, 0.25) is 0 Å². The molecule has 0 fully saturated rings. The Bertz CT molecular complexity index is 1280. The van der Waals surface area contributed by atoms with Crippen LogP contribution in [0.3, 0.4) is 0 Å². The number of thioether (sulfide) groups is 1. The summed E-state index contributed by atoms with van der Waals surface area (Å²) in [5.41, 5.74) is 6.53. The van der Waals surface area contributed by atoms with Crippen LogP contribution >= 0.6 is 11.8 Å². The zero-order chi connectivity index (χ0) is 20.5. The monoisotopic (exact) mass is 414 g/mol. The number of hydrogen-bond donors (Lipinski definition) is 1. The number of anilines is 2. The van der Waals surface area contributed by atoms with Gasteiger partial charge in [0.25, 0.3) is 0 Å². The molecule has 2 aromatic carbocycles. The van der Waals surface area contributed by atoms with E-state index in [-0.39, 0.29) is 0 Å². The molecule has 0 saturated heterocycles. The van der Waals surface area contributed by atoms with Gasteiger partial charge in [0, 0.05) is 34.1 Å². The van der Waals surface area contributed by atoms with Crippen LogP contribution in [0.25, 0.3) is 16.9 Å². The van der Waals surface area contributed by atoms with Crippen molar-refractivity contribution >= 4 is 34.6 Å². The van der Waals surface area contributed by atoms with Crippen LogP contribution in [0.1, 0.15) is 17.5 Å². The molecule has 0 bridgehead atoms. The van der Waals surface area contributed by atoms with E-state index >= 15 is 0 Å². The maximum atomic E-state index is 10.5. The molecule has 0 radical (unpaired) electrons. The molecular formula is C22H18N6OS. The van der Waals surface area contributed by atoms with Crippen molar-refractivity contribution in [2.24, 2.45) is 10.4 Å². The molecule has 0 saturated carbocycles. The number of nitrogens with one attached hydrogen (secondary N) is 1. The molecule has 2 heterocycles. The minimum Gasteiger partial charge on any atom is -0.339 e. The second kappa shape index (κ2) is 7.72. The number of rotatable bonds is 5. The second-order valence-corrected chi connectivity index (χ2v) is 7.85. The first kappa shape index (κ1) is 18.5. The Morgan fingerprint density at radius 2 is 2.00 bits per heavy atom. The first-order valence-electron chi connectivity index (χ1n) is 9.53. The van der Waals surface area contributed by atoms with Crippen molar-refractivity contribution in [1.82, 2.24) is 14.4 Å². The third-order valence-electron chi connectivity index (χ3n) is 5.27. The SMILES string of the molecule is CSc1ccc(-c2nc3cnccn3c2Nc2ccc3c(c2)CC/C3=N\N=O)cc1. The smallest absolute Gasteiger partial charge is 0.157 e. The van der Waals surface area contributed by atoms with Gasteiger partial charge in [-0.05, 0) is 48.9 Å². The van der Waals surface area contributed by atoms with Crippen molar-refractivity contribution in [3.8, 4) is 11.3 Å². The van der Waals surface area contributed by atoms with E-state index < -0.39 is 0 Å². The van der Waals surface area contributed by atoms with E-state index in [0.717, 1.165) is 58.1 Å². The lowest BCUT2D eigenvalue weighted by molar-refractivity contribution is 1.08. The summed E-state index contributed by atoms with van der Waals surface area (Å²) < 4.78 is 2.00. The molecule has 0 unspecified atom stereocenters. The first-order chi connectivity index (χ1) is 14.8. The van der Waals surface area contributed by atoms with Crippen molar-refractivity contribution in [2.75, 3.05) is 11.6 Å². The van der Waals surface area contributed by atoms with Crippen LogP contribution < -0.4 is 5.32 Å². The van der Waals surface area contributed by atoms with E-state index in [0.29, 0.717) is 0 Å².